The molecule has 2 aliphatic carbocycles. The van der Waals surface area contributed by atoms with E-state index in [0.717, 1.165) is 18.0 Å². The fourth-order valence-electron chi connectivity index (χ4n) is 2.88. The summed E-state index contributed by atoms with van der Waals surface area (Å²) in [5.41, 5.74) is 0. The van der Waals surface area contributed by atoms with Gasteiger partial charge in [0.25, 0.3) is 0 Å². The monoisotopic (exact) mass is 181 g/mol. The Labute approximate surface area is 82.5 Å². The van der Waals surface area contributed by atoms with E-state index in [1.807, 2.05) is 0 Å². The van der Waals surface area contributed by atoms with Gasteiger partial charge in [-0.2, -0.15) is 0 Å². The molecule has 0 saturated heterocycles. The highest BCUT2D eigenvalue weighted by Gasteiger charge is 2.32. The fraction of sp³-hybridized carbons (Fsp3) is 1.00. The first kappa shape index (κ1) is 9.51. The van der Waals surface area contributed by atoms with Crippen LogP contribution in [-0.4, -0.2) is 24.0 Å². The predicted octanol–water partition coefficient (Wildman–Crippen LogP) is 3.05. The molecular weight excluding hydrogens is 158 g/mol. The molecule has 0 aliphatic heterocycles. The molecule has 0 heterocycles. The van der Waals surface area contributed by atoms with E-state index in [4.69, 9.17) is 0 Å². The van der Waals surface area contributed by atoms with Gasteiger partial charge in [0, 0.05) is 12.1 Å². The van der Waals surface area contributed by atoms with Gasteiger partial charge in [-0.3, -0.25) is 0 Å². The van der Waals surface area contributed by atoms with Crippen molar-refractivity contribution in [2.45, 2.75) is 64.0 Å². The van der Waals surface area contributed by atoms with Gasteiger partial charge in [0.2, 0.25) is 0 Å². The molecule has 0 spiro atoms. The van der Waals surface area contributed by atoms with Crippen LogP contribution in [0.15, 0.2) is 0 Å². The lowest BCUT2D eigenvalue weighted by atomic mass is 9.90. The van der Waals surface area contributed by atoms with Crippen molar-refractivity contribution < 1.29 is 0 Å². The van der Waals surface area contributed by atoms with Crippen molar-refractivity contribution in [2.75, 3.05) is 7.05 Å². The van der Waals surface area contributed by atoms with E-state index in [-0.39, 0.29) is 0 Å². The Bertz CT molecular complexity index is 163. The fourth-order valence-corrected chi connectivity index (χ4v) is 2.88. The molecule has 2 aliphatic rings. The van der Waals surface area contributed by atoms with Gasteiger partial charge in [0.1, 0.15) is 0 Å². The highest BCUT2D eigenvalue weighted by atomic mass is 15.2. The third kappa shape index (κ3) is 1.90. The van der Waals surface area contributed by atoms with Crippen molar-refractivity contribution in [1.29, 1.82) is 0 Å². The van der Waals surface area contributed by atoms with Crippen LogP contribution in [0.3, 0.4) is 0 Å². The molecule has 0 amide bonds. The maximum atomic E-state index is 2.68. The Morgan fingerprint density at radius 3 is 2.31 bits per heavy atom. The molecule has 1 heteroatoms. The van der Waals surface area contributed by atoms with Gasteiger partial charge in [0.05, 0.1) is 0 Å². The first-order chi connectivity index (χ1) is 6.31. The minimum absolute atomic E-state index is 0.926. The second-order valence-corrected chi connectivity index (χ2v) is 4.99. The highest BCUT2D eigenvalue weighted by Crippen LogP contribution is 2.35. The summed E-state index contributed by atoms with van der Waals surface area (Å²) in [6.45, 7) is 2.34. The Morgan fingerprint density at radius 2 is 1.85 bits per heavy atom. The molecule has 0 aromatic carbocycles. The molecule has 2 atom stereocenters. The second-order valence-electron chi connectivity index (χ2n) is 4.99. The summed E-state index contributed by atoms with van der Waals surface area (Å²) in [6, 6.07) is 1.87. The van der Waals surface area contributed by atoms with Gasteiger partial charge in [-0.15, -0.1) is 0 Å². The van der Waals surface area contributed by atoms with E-state index in [0.29, 0.717) is 0 Å². The molecular formula is C12H23N. The summed E-state index contributed by atoms with van der Waals surface area (Å²) in [4.78, 5) is 2.68. The van der Waals surface area contributed by atoms with Crippen LogP contribution < -0.4 is 0 Å². The van der Waals surface area contributed by atoms with Gasteiger partial charge < -0.3 is 4.90 Å². The second kappa shape index (κ2) is 4.00. The van der Waals surface area contributed by atoms with Crippen LogP contribution in [0.4, 0.5) is 0 Å². The zero-order valence-electron chi connectivity index (χ0n) is 9.13. The molecule has 13 heavy (non-hydrogen) atoms. The van der Waals surface area contributed by atoms with Crippen molar-refractivity contribution in [1.82, 2.24) is 4.90 Å². The zero-order valence-corrected chi connectivity index (χ0v) is 9.13. The smallest absolute Gasteiger partial charge is 0.00978 e. The standard InChI is InChI=1S/C12H23N/c1-3-10-7-8-12(9-10)13(2)11-5-4-6-11/h10-12H,3-9H2,1-2H3. The van der Waals surface area contributed by atoms with E-state index in [1.54, 1.807) is 0 Å². The number of hydrogen-bond acceptors (Lipinski definition) is 1. The lowest BCUT2D eigenvalue weighted by Gasteiger charge is -2.38. The molecule has 0 bridgehead atoms. The number of hydrogen-bond donors (Lipinski definition) is 0. The largest absolute Gasteiger partial charge is 0.300 e. The predicted molar refractivity (Wildman–Crippen MR) is 56.8 cm³/mol. The Hall–Kier alpha value is -0.0400. The molecule has 1 nitrogen and oxygen atoms in total. The number of nitrogens with zero attached hydrogens (tertiary/aromatic N) is 1. The molecule has 2 rings (SSSR count). The van der Waals surface area contributed by atoms with Crippen LogP contribution in [0, 0.1) is 5.92 Å². The van der Waals surface area contributed by atoms with E-state index >= 15 is 0 Å². The summed E-state index contributed by atoms with van der Waals surface area (Å²) in [6.07, 6.45) is 10.2. The quantitative estimate of drug-likeness (QED) is 0.647. The average Bonchev–Trinajstić information content (AvgIpc) is 2.48. The third-order valence-electron chi connectivity index (χ3n) is 4.32. The van der Waals surface area contributed by atoms with Gasteiger partial charge in [-0.05, 0) is 45.1 Å². The van der Waals surface area contributed by atoms with Crippen LogP contribution in [0.1, 0.15) is 51.9 Å². The van der Waals surface area contributed by atoms with Crippen molar-refractivity contribution in [3.05, 3.63) is 0 Å². The Morgan fingerprint density at radius 1 is 1.08 bits per heavy atom. The van der Waals surface area contributed by atoms with Crippen LogP contribution in [-0.2, 0) is 0 Å². The average molecular weight is 181 g/mol. The van der Waals surface area contributed by atoms with Gasteiger partial charge in [-0.25, -0.2) is 0 Å². The van der Waals surface area contributed by atoms with Gasteiger partial charge >= 0.3 is 0 Å². The van der Waals surface area contributed by atoms with Crippen molar-refractivity contribution >= 4 is 0 Å². The zero-order chi connectivity index (χ0) is 9.26. The van der Waals surface area contributed by atoms with E-state index < -0.39 is 0 Å². The summed E-state index contributed by atoms with van der Waals surface area (Å²) in [7, 11) is 2.35. The molecule has 2 saturated carbocycles. The lowest BCUT2D eigenvalue weighted by Crippen LogP contribution is -2.42. The molecule has 0 N–H and O–H groups in total. The summed E-state index contributed by atoms with van der Waals surface area (Å²) < 4.78 is 0. The maximum Gasteiger partial charge on any atom is 0.00978 e. The Balaban J connectivity index is 1.80. The van der Waals surface area contributed by atoms with Crippen LogP contribution in [0.25, 0.3) is 0 Å². The van der Waals surface area contributed by atoms with Crippen LogP contribution in [0.2, 0.25) is 0 Å². The van der Waals surface area contributed by atoms with Crippen LogP contribution in [0.5, 0.6) is 0 Å². The van der Waals surface area contributed by atoms with Gasteiger partial charge in [0.15, 0.2) is 0 Å². The molecule has 0 aromatic rings. The minimum atomic E-state index is 0.926. The topological polar surface area (TPSA) is 3.24 Å². The normalized spacial score (nSPS) is 35.3. The Kier molecular flexibility index (Phi) is 2.92. The molecule has 76 valence electrons. The molecule has 2 fully saturated rings. The van der Waals surface area contributed by atoms with E-state index in [1.165, 1.54) is 44.9 Å². The number of rotatable bonds is 3. The van der Waals surface area contributed by atoms with E-state index in [9.17, 15) is 0 Å². The van der Waals surface area contributed by atoms with Gasteiger partial charge in [-0.1, -0.05) is 19.8 Å². The van der Waals surface area contributed by atoms with Crippen molar-refractivity contribution in [3.8, 4) is 0 Å². The molecule has 2 unspecified atom stereocenters. The SMILES string of the molecule is CCC1CCC(N(C)C2CCC2)C1. The summed E-state index contributed by atoms with van der Waals surface area (Å²) in [5.74, 6) is 1.03. The van der Waals surface area contributed by atoms with Crippen LogP contribution >= 0.6 is 0 Å². The maximum absolute atomic E-state index is 2.68. The van der Waals surface area contributed by atoms with E-state index in [2.05, 4.69) is 18.9 Å². The first-order valence-corrected chi connectivity index (χ1v) is 6.03. The third-order valence-corrected chi connectivity index (χ3v) is 4.32. The molecule has 0 radical (unpaired) electrons. The first-order valence-electron chi connectivity index (χ1n) is 6.03. The van der Waals surface area contributed by atoms with Crippen molar-refractivity contribution in [3.63, 3.8) is 0 Å². The molecule has 0 aromatic heterocycles. The highest BCUT2D eigenvalue weighted by molar-refractivity contribution is 4.87. The lowest BCUT2D eigenvalue weighted by molar-refractivity contribution is 0.110. The summed E-state index contributed by atoms with van der Waals surface area (Å²) in [5, 5.41) is 0. The van der Waals surface area contributed by atoms with Crippen molar-refractivity contribution in [2.24, 2.45) is 5.92 Å². The minimum Gasteiger partial charge on any atom is -0.300 e. The summed E-state index contributed by atoms with van der Waals surface area (Å²) >= 11 is 0.